The van der Waals surface area contributed by atoms with Gasteiger partial charge in [-0.2, -0.15) is 0 Å². The summed E-state index contributed by atoms with van der Waals surface area (Å²) in [6, 6.07) is 0. The van der Waals surface area contributed by atoms with Crippen LogP contribution in [0.5, 0.6) is 0 Å². The molecule has 0 N–H and O–H groups in total. The molecule has 360 valence electrons. The van der Waals surface area contributed by atoms with Crippen LogP contribution in [0.4, 0.5) is 0 Å². The van der Waals surface area contributed by atoms with Crippen molar-refractivity contribution in [2.24, 2.45) is 0 Å². The lowest BCUT2D eigenvalue weighted by molar-refractivity contribution is -0.167. The smallest absolute Gasteiger partial charge is 0.306 e. The third kappa shape index (κ3) is 48.4. The highest BCUT2D eigenvalue weighted by Crippen LogP contribution is 2.16. The number of carbonyl (C=O) groups is 3. The van der Waals surface area contributed by atoms with E-state index in [1.807, 2.05) is 0 Å². The fraction of sp³-hybridized carbons (Fsp3) is 0.804. The van der Waals surface area contributed by atoms with E-state index in [2.05, 4.69) is 69.4 Å². The second kappa shape index (κ2) is 51.0. The summed E-state index contributed by atoms with van der Waals surface area (Å²) < 4.78 is 16.8. The Kier molecular flexibility index (Phi) is 48.8. The summed E-state index contributed by atoms with van der Waals surface area (Å²) >= 11 is 0. The molecule has 6 nitrogen and oxygen atoms in total. The SMILES string of the molecule is CC/C=C\C/C=C\C/C=C\CCCC(=O)OCC(COC(=O)CCCCCCCCCCCCCCCCCCCC)OC(=O)CCCCCCCCC/C=C\CCCCCC. The molecule has 1 unspecified atom stereocenters. The number of unbranched alkanes of at least 4 members (excludes halogenated alkanes) is 29. The molecule has 0 saturated carbocycles. The van der Waals surface area contributed by atoms with Crippen molar-refractivity contribution in [3.63, 3.8) is 0 Å². The highest BCUT2D eigenvalue weighted by molar-refractivity contribution is 5.71. The Hall–Kier alpha value is -2.63. The Balaban J connectivity index is 4.35. The van der Waals surface area contributed by atoms with Crippen LogP contribution in [-0.2, 0) is 28.6 Å². The van der Waals surface area contributed by atoms with Crippen LogP contribution in [-0.4, -0.2) is 37.2 Å². The second-order valence-electron chi connectivity index (χ2n) is 17.8. The Bertz CT molecular complexity index is 1090. The maximum Gasteiger partial charge on any atom is 0.306 e. The first-order valence-corrected chi connectivity index (χ1v) is 26.6. The fourth-order valence-corrected chi connectivity index (χ4v) is 7.58. The first-order valence-electron chi connectivity index (χ1n) is 26.6. The molecule has 0 aliphatic heterocycles. The molecule has 62 heavy (non-hydrogen) atoms. The zero-order valence-electron chi connectivity index (χ0n) is 41.1. The van der Waals surface area contributed by atoms with E-state index in [1.54, 1.807) is 0 Å². The molecule has 0 aromatic carbocycles. The Morgan fingerprint density at radius 3 is 1.08 bits per heavy atom. The number of carbonyl (C=O) groups excluding carboxylic acids is 3. The summed E-state index contributed by atoms with van der Waals surface area (Å²) in [7, 11) is 0. The molecule has 6 heteroatoms. The predicted molar refractivity (Wildman–Crippen MR) is 265 cm³/mol. The summed E-state index contributed by atoms with van der Waals surface area (Å²) in [6.07, 6.45) is 61.1. The van der Waals surface area contributed by atoms with E-state index in [-0.39, 0.29) is 37.5 Å². The largest absolute Gasteiger partial charge is 0.462 e. The van der Waals surface area contributed by atoms with Gasteiger partial charge >= 0.3 is 17.9 Å². The third-order valence-electron chi connectivity index (χ3n) is 11.6. The van der Waals surface area contributed by atoms with E-state index in [0.717, 1.165) is 64.2 Å². The molecular weight excluding hydrogens is 769 g/mol. The molecule has 0 aliphatic rings. The van der Waals surface area contributed by atoms with Crippen LogP contribution in [0.15, 0.2) is 48.6 Å². The van der Waals surface area contributed by atoms with Gasteiger partial charge in [-0.05, 0) is 70.6 Å². The van der Waals surface area contributed by atoms with E-state index in [4.69, 9.17) is 14.2 Å². The minimum atomic E-state index is -0.792. The normalized spacial score (nSPS) is 12.4. The van der Waals surface area contributed by atoms with E-state index in [1.165, 1.54) is 161 Å². The zero-order chi connectivity index (χ0) is 45.1. The van der Waals surface area contributed by atoms with Crippen molar-refractivity contribution in [3.8, 4) is 0 Å². The van der Waals surface area contributed by atoms with Gasteiger partial charge in [0, 0.05) is 19.3 Å². The van der Waals surface area contributed by atoms with Gasteiger partial charge in [0.05, 0.1) is 0 Å². The maximum absolute atomic E-state index is 12.8. The zero-order valence-corrected chi connectivity index (χ0v) is 41.1. The summed E-state index contributed by atoms with van der Waals surface area (Å²) in [5.41, 5.74) is 0. The van der Waals surface area contributed by atoms with E-state index < -0.39 is 6.10 Å². The van der Waals surface area contributed by atoms with E-state index in [9.17, 15) is 14.4 Å². The van der Waals surface area contributed by atoms with Crippen LogP contribution in [0.25, 0.3) is 0 Å². The summed E-state index contributed by atoms with van der Waals surface area (Å²) in [6.45, 7) is 6.48. The average Bonchev–Trinajstić information content (AvgIpc) is 3.27. The van der Waals surface area contributed by atoms with Gasteiger partial charge in [-0.3, -0.25) is 14.4 Å². The van der Waals surface area contributed by atoms with Crippen LogP contribution in [0.1, 0.15) is 271 Å². The van der Waals surface area contributed by atoms with E-state index >= 15 is 0 Å². The molecule has 0 aromatic rings. The number of hydrogen-bond acceptors (Lipinski definition) is 6. The van der Waals surface area contributed by atoms with Gasteiger partial charge in [-0.1, -0.05) is 230 Å². The molecule has 0 bridgehead atoms. The molecule has 0 heterocycles. The highest BCUT2D eigenvalue weighted by atomic mass is 16.6. The average molecular weight is 869 g/mol. The van der Waals surface area contributed by atoms with Crippen molar-refractivity contribution in [2.75, 3.05) is 13.2 Å². The summed E-state index contributed by atoms with van der Waals surface area (Å²) in [4.78, 5) is 37.9. The lowest BCUT2D eigenvalue weighted by Gasteiger charge is -2.18. The molecule has 0 saturated heterocycles. The molecule has 0 rings (SSSR count). The van der Waals surface area contributed by atoms with Crippen molar-refractivity contribution in [3.05, 3.63) is 48.6 Å². The molecule has 1 atom stereocenters. The number of allylic oxidation sites excluding steroid dienone is 8. The van der Waals surface area contributed by atoms with Gasteiger partial charge < -0.3 is 14.2 Å². The third-order valence-corrected chi connectivity index (χ3v) is 11.6. The van der Waals surface area contributed by atoms with Crippen molar-refractivity contribution < 1.29 is 28.6 Å². The number of hydrogen-bond donors (Lipinski definition) is 0. The first kappa shape index (κ1) is 59.4. The molecule has 0 aromatic heterocycles. The second-order valence-corrected chi connectivity index (χ2v) is 17.8. The highest BCUT2D eigenvalue weighted by Gasteiger charge is 2.19. The van der Waals surface area contributed by atoms with Gasteiger partial charge in [0.25, 0.3) is 0 Å². The van der Waals surface area contributed by atoms with Gasteiger partial charge in [0.15, 0.2) is 6.10 Å². The molecule has 0 aliphatic carbocycles. The molecular formula is C56H100O6. The van der Waals surface area contributed by atoms with Crippen molar-refractivity contribution in [2.45, 2.75) is 277 Å². The molecule has 0 fully saturated rings. The monoisotopic (exact) mass is 869 g/mol. The standard InChI is InChI=1S/C56H100O6/c1-4-7-10-13-16-19-22-24-26-27-28-30-31-34-37-40-43-46-49-55(58)61-52-53(51-60-54(57)48-45-42-39-36-33-21-18-15-12-9-6-3)62-56(59)50-47-44-41-38-35-32-29-25-23-20-17-14-11-8-5-2/h9,12,18,20-21,23,36,39,53H,4-8,10-11,13-17,19,22,24-35,37-38,40-52H2,1-3H3/b12-9-,21-18-,23-20-,39-36-. The summed E-state index contributed by atoms with van der Waals surface area (Å²) in [5, 5.41) is 0. The minimum absolute atomic E-state index is 0.0879. The van der Waals surface area contributed by atoms with Crippen LogP contribution in [0.3, 0.4) is 0 Å². The van der Waals surface area contributed by atoms with Gasteiger partial charge in [0.1, 0.15) is 13.2 Å². The van der Waals surface area contributed by atoms with Crippen LogP contribution < -0.4 is 0 Å². The van der Waals surface area contributed by atoms with Crippen molar-refractivity contribution in [1.29, 1.82) is 0 Å². The van der Waals surface area contributed by atoms with Crippen molar-refractivity contribution in [1.82, 2.24) is 0 Å². The predicted octanol–water partition coefficient (Wildman–Crippen LogP) is 17.5. The Morgan fingerprint density at radius 2 is 0.645 bits per heavy atom. The lowest BCUT2D eigenvalue weighted by atomic mass is 10.0. The van der Waals surface area contributed by atoms with Crippen LogP contribution in [0.2, 0.25) is 0 Å². The first-order chi connectivity index (χ1) is 30.5. The topological polar surface area (TPSA) is 78.9 Å². The maximum atomic E-state index is 12.8. The van der Waals surface area contributed by atoms with E-state index in [0.29, 0.717) is 19.3 Å². The van der Waals surface area contributed by atoms with Crippen LogP contribution in [0, 0.1) is 0 Å². The van der Waals surface area contributed by atoms with Crippen molar-refractivity contribution >= 4 is 17.9 Å². The number of esters is 3. The quantitative estimate of drug-likeness (QED) is 0.0262. The van der Waals surface area contributed by atoms with Gasteiger partial charge in [-0.15, -0.1) is 0 Å². The Morgan fingerprint density at radius 1 is 0.339 bits per heavy atom. The summed E-state index contributed by atoms with van der Waals surface area (Å²) in [5.74, 6) is -0.940. The number of rotatable bonds is 48. The molecule has 0 radical (unpaired) electrons. The minimum Gasteiger partial charge on any atom is -0.462 e. The fourth-order valence-electron chi connectivity index (χ4n) is 7.58. The number of ether oxygens (including phenoxy) is 3. The van der Waals surface area contributed by atoms with Gasteiger partial charge in [0.2, 0.25) is 0 Å². The Labute approximate surface area is 384 Å². The lowest BCUT2D eigenvalue weighted by Crippen LogP contribution is -2.30. The molecule has 0 spiro atoms. The van der Waals surface area contributed by atoms with Gasteiger partial charge in [-0.25, -0.2) is 0 Å². The van der Waals surface area contributed by atoms with Crippen LogP contribution >= 0.6 is 0 Å². The molecule has 0 amide bonds.